The highest BCUT2D eigenvalue weighted by Crippen LogP contribution is 2.62. The van der Waals surface area contributed by atoms with Gasteiger partial charge in [0.2, 0.25) is 21.8 Å². The lowest BCUT2D eigenvalue weighted by Gasteiger charge is -2.61. The van der Waals surface area contributed by atoms with Crippen LogP contribution in [0.3, 0.4) is 0 Å². The van der Waals surface area contributed by atoms with Gasteiger partial charge in [-0.2, -0.15) is 4.31 Å². The third-order valence-electron chi connectivity index (χ3n) is 8.61. The standard InChI is InChI=1S/C26H37N3O4S/c1-18-7-8-22(12-23(18)34(32,33)29-9-5-3-4-6-10-29)27-24(31)25-13-20-11-21(14-25)16-26(15-20,17-25)28-19(2)30/h7-8,12,20-21H,3-6,9-11,13-17H2,1-2H3,(H,27,31)(H,28,30)/t20-,21-,25?,26?/m1/s1. The van der Waals surface area contributed by atoms with E-state index in [2.05, 4.69) is 10.6 Å². The van der Waals surface area contributed by atoms with E-state index in [1.165, 1.54) is 0 Å². The zero-order valence-corrected chi connectivity index (χ0v) is 21.2. The number of benzene rings is 1. The summed E-state index contributed by atoms with van der Waals surface area (Å²) in [5, 5.41) is 6.29. The molecule has 4 saturated carbocycles. The molecule has 34 heavy (non-hydrogen) atoms. The van der Waals surface area contributed by atoms with E-state index in [0.29, 0.717) is 42.6 Å². The molecule has 4 bridgehead atoms. The SMILES string of the molecule is CC(=O)NC12C[C@@H]3C[C@@H](C1)CC(C(=O)Nc1ccc(C)c(S(=O)(=O)N4CCCCCC4)c1)(C3)C2. The Bertz CT molecular complexity index is 1080. The first-order valence-electron chi connectivity index (χ1n) is 12.8. The molecule has 1 aromatic carbocycles. The second kappa shape index (κ2) is 8.63. The summed E-state index contributed by atoms with van der Waals surface area (Å²) in [7, 11) is -3.61. The summed E-state index contributed by atoms with van der Waals surface area (Å²) < 4.78 is 28.5. The van der Waals surface area contributed by atoms with Gasteiger partial charge in [-0.25, -0.2) is 8.42 Å². The fraction of sp³-hybridized carbons (Fsp3) is 0.692. The summed E-state index contributed by atoms with van der Waals surface area (Å²) in [6, 6.07) is 5.23. The molecule has 7 nitrogen and oxygen atoms in total. The molecule has 1 heterocycles. The number of amides is 2. The van der Waals surface area contributed by atoms with Crippen molar-refractivity contribution in [1.29, 1.82) is 0 Å². The Labute approximate surface area is 203 Å². The van der Waals surface area contributed by atoms with Gasteiger partial charge in [0.1, 0.15) is 0 Å². The van der Waals surface area contributed by atoms with Crippen LogP contribution in [0, 0.1) is 24.2 Å². The lowest BCUT2D eigenvalue weighted by molar-refractivity contribution is -0.148. The first-order chi connectivity index (χ1) is 16.1. The zero-order valence-electron chi connectivity index (χ0n) is 20.4. The normalized spacial score (nSPS) is 33.4. The smallest absolute Gasteiger partial charge is 0.243 e. The van der Waals surface area contributed by atoms with Crippen molar-refractivity contribution < 1.29 is 18.0 Å². The van der Waals surface area contributed by atoms with Crippen molar-refractivity contribution in [2.75, 3.05) is 18.4 Å². The van der Waals surface area contributed by atoms with Crippen LogP contribution >= 0.6 is 0 Å². The molecule has 8 heteroatoms. The topological polar surface area (TPSA) is 95.6 Å². The van der Waals surface area contributed by atoms with Gasteiger partial charge in [0.15, 0.2) is 0 Å². The van der Waals surface area contributed by atoms with Crippen molar-refractivity contribution in [2.24, 2.45) is 17.3 Å². The van der Waals surface area contributed by atoms with Crippen molar-refractivity contribution in [3.8, 4) is 0 Å². The van der Waals surface area contributed by atoms with Gasteiger partial charge in [0.05, 0.1) is 10.3 Å². The summed E-state index contributed by atoms with van der Waals surface area (Å²) in [6.45, 7) is 4.47. The lowest BCUT2D eigenvalue weighted by Crippen LogP contribution is -2.65. The Kier molecular flexibility index (Phi) is 6.04. The molecule has 5 fully saturated rings. The van der Waals surface area contributed by atoms with Gasteiger partial charge < -0.3 is 10.6 Å². The van der Waals surface area contributed by atoms with E-state index in [1.807, 2.05) is 6.92 Å². The van der Waals surface area contributed by atoms with Crippen LogP contribution in [0.25, 0.3) is 0 Å². The summed E-state index contributed by atoms with van der Waals surface area (Å²) in [4.78, 5) is 25.9. The quantitative estimate of drug-likeness (QED) is 0.657. The predicted molar refractivity (Wildman–Crippen MR) is 131 cm³/mol. The molecule has 1 saturated heterocycles. The van der Waals surface area contributed by atoms with E-state index in [9.17, 15) is 18.0 Å². The van der Waals surface area contributed by atoms with E-state index in [-0.39, 0.29) is 22.2 Å². The molecular formula is C26H37N3O4S. The minimum atomic E-state index is -3.61. The van der Waals surface area contributed by atoms with Crippen LogP contribution in [0.2, 0.25) is 0 Å². The predicted octanol–water partition coefficient (Wildman–Crippen LogP) is 3.97. The van der Waals surface area contributed by atoms with E-state index in [1.54, 1.807) is 29.4 Å². The fourth-order valence-electron chi connectivity index (χ4n) is 7.69. The average Bonchev–Trinajstić information content (AvgIpc) is 3.03. The zero-order chi connectivity index (χ0) is 24.1. The molecule has 5 aliphatic rings. The number of nitrogens with one attached hydrogen (secondary N) is 2. The van der Waals surface area contributed by atoms with Crippen LogP contribution in [0.1, 0.15) is 76.7 Å². The van der Waals surface area contributed by atoms with Crippen molar-refractivity contribution in [3.05, 3.63) is 23.8 Å². The Morgan fingerprint density at radius 3 is 2.26 bits per heavy atom. The molecule has 0 unspecified atom stereocenters. The molecule has 1 aliphatic heterocycles. The molecular weight excluding hydrogens is 450 g/mol. The second-order valence-corrected chi connectivity index (χ2v) is 13.4. The highest BCUT2D eigenvalue weighted by molar-refractivity contribution is 7.89. The van der Waals surface area contributed by atoms with Gasteiger partial charge in [-0.3, -0.25) is 9.59 Å². The minimum Gasteiger partial charge on any atom is -0.351 e. The van der Waals surface area contributed by atoms with Crippen molar-refractivity contribution in [1.82, 2.24) is 9.62 Å². The maximum Gasteiger partial charge on any atom is 0.243 e. The molecule has 0 radical (unpaired) electrons. The van der Waals surface area contributed by atoms with E-state index < -0.39 is 15.4 Å². The molecule has 0 spiro atoms. The van der Waals surface area contributed by atoms with Gasteiger partial charge in [0.25, 0.3) is 0 Å². The van der Waals surface area contributed by atoms with Crippen LogP contribution in [0.4, 0.5) is 5.69 Å². The van der Waals surface area contributed by atoms with Gasteiger partial charge in [-0.15, -0.1) is 0 Å². The van der Waals surface area contributed by atoms with Crippen LogP contribution < -0.4 is 10.6 Å². The maximum atomic E-state index is 13.7. The maximum absolute atomic E-state index is 13.7. The van der Waals surface area contributed by atoms with Crippen LogP contribution in [-0.2, 0) is 19.6 Å². The number of hydrogen-bond acceptors (Lipinski definition) is 4. The number of sulfonamides is 1. The highest BCUT2D eigenvalue weighted by atomic mass is 32.2. The highest BCUT2D eigenvalue weighted by Gasteiger charge is 2.60. The summed E-state index contributed by atoms with van der Waals surface area (Å²) in [5.41, 5.74) is 0.457. The third-order valence-corrected chi connectivity index (χ3v) is 10.7. The molecule has 0 aromatic heterocycles. The van der Waals surface area contributed by atoms with Gasteiger partial charge in [-0.05, 0) is 87.8 Å². The largest absolute Gasteiger partial charge is 0.351 e. The van der Waals surface area contributed by atoms with Crippen molar-refractivity contribution >= 4 is 27.5 Å². The summed E-state index contributed by atoms with van der Waals surface area (Å²) in [5.74, 6) is 0.851. The monoisotopic (exact) mass is 487 g/mol. The molecule has 2 amide bonds. The second-order valence-electron chi connectivity index (χ2n) is 11.5. The molecule has 186 valence electrons. The molecule has 1 aromatic rings. The molecule has 4 aliphatic carbocycles. The Morgan fingerprint density at radius 1 is 1.00 bits per heavy atom. The number of rotatable bonds is 5. The molecule has 2 atom stereocenters. The number of carbonyl (C=O) groups excluding carboxylic acids is 2. The van der Waals surface area contributed by atoms with Crippen LogP contribution in [0.15, 0.2) is 23.1 Å². The minimum absolute atomic E-state index is 0.0283. The number of nitrogens with zero attached hydrogens (tertiary/aromatic N) is 1. The number of anilines is 1. The van der Waals surface area contributed by atoms with Gasteiger partial charge in [-0.1, -0.05) is 18.9 Å². The fourth-order valence-corrected chi connectivity index (χ4v) is 9.46. The van der Waals surface area contributed by atoms with Crippen LogP contribution in [0.5, 0.6) is 0 Å². The molecule has 6 rings (SSSR count). The van der Waals surface area contributed by atoms with E-state index in [4.69, 9.17) is 0 Å². The summed E-state index contributed by atoms with van der Waals surface area (Å²) >= 11 is 0. The lowest BCUT2D eigenvalue weighted by atomic mass is 9.46. The van der Waals surface area contributed by atoms with Crippen molar-refractivity contribution in [2.45, 2.75) is 88.5 Å². The molecule has 2 N–H and O–H groups in total. The number of aryl methyl sites for hydroxylation is 1. The Morgan fingerprint density at radius 2 is 1.65 bits per heavy atom. The van der Waals surface area contributed by atoms with E-state index in [0.717, 1.165) is 57.8 Å². The number of carbonyl (C=O) groups is 2. The average molecular weight is 488 g/mol. The first-order valence-corrected chi connectivity index (χ1v) is 14.3. The third kappa shape index (κ3) is 4.28. The Balaban J connectivity index is 1.39. The van der Waals surface area contributed by atoms with Gasteiger partial charge in [0, 0.05) is 31.2 Å². The van der Waals surface area contributed by atoms with Crippen molar-refractivity contribution in [3.63, 3.8) is 0 Å². The van der Waals surface area contributed by atoms with E-state index >= 15 is 0 Å². The summed E-state index contributed by atoms with van der Waals surface area (Å²) in [6.07, 6.45) is 9.31. The van der Waals surface area contributed by atoms with Crippen LogP contribution in [-0.4, -0.2) is 43.2 Å². The Hall–Kier alpha value is -1.93. The van der Waals surface area contributed by atoms with Gasteiger partial charge >= 0.3 is 0 Å². The number of hydrogen-bond donors (Lipinski definition) is 2. The first kappa shape index (κ1) is 23.8.